The van der Waals surface area contributed by atoms with E-state index in [0.29, 0.717) is 13.0 Å². The summed E-state index contributed by atoms with van der Waals surface area (Å²) in [6, 6.07) is 8.14. The van der Waals surface area contributed by atoms with Crippen molar-refractivity contribution in [2.75, 3.05) is 11.4 Å². The van der Waals surface area contributed by atoms with E-state index in [1.54, 1.807) is 6.33 Å². The molecule has 2 aromatic rings. The molecule has 0 radical (unpaired) electrons. The molecule has 20 heavy (non-hydrogen) atoms. The molecule has 1 aromatic heterocycles. The van der Waals surface area contributed by atoms with Crippen LogP contribution in [0.1, 0.15) is 20.3 Å². The largest absolute Gasteiger partial charge is 0.409 e. The fourth-order valence-electron chi connectivity index (χ4n) is 2.11. The van der Waals surface area contributed by atoms with E-state index in [-0.39, 0.29) is 11.9 Å². The average molecular weight is 273 g/mol. The summed E-state index contributed by atoms with van der Waals surface area (Å²) >= 11 is 0. The second kappa shape index (κ2) is 6.18. The molecule has 0 saturated heterocycles. The monoisotopic (exact) mass is 273 g/mol. The molecule has 0 atom stereocenters. The molecular formula is C14H19N5O. The van der Waals surface area contributed by atoms with Gasteiger partial charge in [0.25, 0.3) is 0 Å². The number of nitrogens with two attached hydrogens (primary N) is 1. The topological polar surface area (TPSA) is 87.6 Å². The van der Waals surface area contributed by atoms with Gasteiger partial charge in [-0.2, -0.15) is 0 Å². The quantitative estimate of drug-likeness (QED) is 0.376. The standard InChI is InChI=1S/C14H19N5O/c1-10(2)19(8-7-13(15)18-20)14-11-5-3-4-6-12(11)16-9-17-14/h3-6,9-10,20H,7-8H2,1-2H3,(H2,15,18). The number of oxime groups is 1. The Labute approximate surface area is 117 Å². The Bertz CT molecular complexity index is 606. The third-order valence-corrected chi connectivity index (χ3v) is 3.15. The Kier molecular flexibility index (Phi) is 4.34. The van der Waals surface area contributed by atoms with E-state index >= 15 is 0 Å². The fraction of sp³-hybridized carbons (Fsp3) is 0.357. The van der Waals surface area contributed by atoms with Gasteiger partial charge in [0, 0.05) is 24.4 Å². The summed E-state index contributed by atoms with van der Waals surface area (Å²) in [5.74, 6) is 1.09. The molecule has 6 nitrogen and oxygen atoms in total. The van der Waals surface area contributed by atoms with Gasteiger partial charge in [-0.25, -0.2) is 9.97 Å². The lowest BCUT2D eigenvalue weighted by Gasteiger charge is -2.28. The van der Waals surface area contributed by atoms with Gasteiger partial charge in [0.05, 0.1) is 5.52 Å². The predicted molar refractivity (Wildman–Crippen MR) is 80.0 cm³/mol. The average Bonchev–Trinajstić information content (AvgIpc) is 2.47. The molecule has 3 N–H and O–H groups in total. The Morgan fingerprint density at radius 3 is 2.80 bits per heavy atom. The van der Waals surface area contributed by atoms with Crippen LogP contribution in [-0.2, 0) is 0 Å². The lowest BCUT2D eigenvalue weighted by molar-refractivity contribution is 0.317. The minimum atomic E-state index is 0.217. The molecule has 106 valence electrons. The van der Waals surface area contributed by atoms with Crippen molar-refractivity contribution < 1.29 is 5.21 Å². The molecule has 0 saturated carbocycles. The molecule has 0 fully saturated rings. The van der Waals surface area contributed by atoms with Crippen molar-refractivity contribution in [3.05, 3.63) is 30.6 Å². The maximum atomic E-state index is 8.65. The van der Waals surface area contributed by atoms with E-state index in [0.717, 1.165) is 16.7 Å². The van der Waals surface area contributed by atoms with E-state index in [1.165, 1.54) is 0 Å². The lowest BCUT2D eigenvalue weighted by atomic mass is 10.2. The molecule has 1 aromatic carbocycles. The third kappa shape index (κ3) is 2.96. The molecule has 1 heterocycles. The number of hydrogen-bond donors (Lipinski definition) is 2. The summed E-state index contributed by atoms with van der Waals surface area (Å²) in [6.45, 7) is 4.81. The van der Waals surface area contributed by atoms with Crippen LogP contribution in [0.3, 0.4) is 0 Å². The SMILES string of the molecule is CC(C)N(CCC(N)=NO)c1ncnc2ccccc12. The molecule has 0 bridgehead atoms. The van der Waals surface area contributed by atoms with Crippen LogP contribution in [0.25, 0.3) is 10.9 Å². The zero-order chi connectivity index (χ0) is 14.5. The summed E-state index contributed by atoms with van der Waals surface area (Å²) in [4.78, 5) is 10.8. The Morgan fingerprint density at radius 2 is 2.10 bits per heavy atom. The normalized spacial score (nSPS) is 12.1. The highest BCUT2D eigenvalue weighted by Crippen LogP contribution is 2.24. The molecule has 0 aliphatic heterocycles. The van der Waals surface area contributed by atoms with Gasteiger partial charge in [0.1, 0.15) is 18.0 Å². The number of rotatable bonds is 5. The highest BCUT2D eigenvalue weighted by molar-refractivity contribution is 5.89. The van der Waals surface area contributed by atoms with E-state index in [9.17, 15) is 0 Å². The van der Waals surface area contributed by atoms with Crippen molar-refractivity contribution in [3.8, 4) is 0 Å². The molecule has 6 heteroatoms. The van der Waals surface area contributed by atoms with Gasteiger partial charge in [0.2, 0.25) is 0 Å². The summed E-state index contributed by atoms with van der Waals surface area (Å²) in [7, 11) is 0. The van der Waals surface area contributed by atoms with E-state index < -0.39 is 0 Å². The summed E-state index contributed by atoms with van der Waals surface area (Å²) in [6.07, 6.45) is 2.05. The lowest BCUT2D eigenvalue weighted by Crippen LogP contribution is -2.34. The Hall–Kier alpha value is -2.37. The molecule has 0 spiro atoms. The zero-order valence-electron chi connectivity index (χ0n) is 11.7. The Morgan fingerprint density at radius 1 is 1.35 bits per heavy atom. The van der Waals surface area contributed by atoms with E-state index in [4.69, 9.17) is 10.9 Å². The van der Waals surface area contributed by atoms with Gasteiger partial charge in [-0.1, -0.05) is 17.3 Å². The number of benzene rings is 1. The van der Waals surface area contributed by atoms with Crippen molar-refractivity contribution in [1.29, 1.82) is 0 Å². The van der Waals surface area contributed by atoms with Gasteiger partial charge < -0.3 is 15.8 Å². The maximum absolute atomic E-state index is 8.65. The first-order valence-electron chi connectivity index (χ1n) is 6.56. The minimum Gasteiger partial charge on any atom is -0.409 e. The van der Waals surface area contributed by atoms with Crippen molar-refractivity contribution >= 4 is 22.6 Å². The van der Waals surface area contributed by atoms with Crippen molar-refractivity contribution in [2.24, 2.45) is 10.9 Å². The van der Waals surface area contributed by atoms with Crippen LogP contribution >= 0.6 is 0 Å². The highest BCUT2D eigenvalue weighted by Gasteiger charge is 2.15. The molecule has 0 amide bonds. The number of amidine groups is 1. The highest BCUT2D eigenvalue weighted by atomic mass is 16.4. The first kappa shape index (κ1) is 14.0. The van der Waals surface area contributed by atoms with Gasteiger partial charge in [-0.3, -0.25) is 0 Å². The van der Waals surface area contributed by atoms with Crippen LogP contribution in [0.2, 0.25) is 0 Å². The van der Waals surface area contributed by atoms with Crippen molar-refractivity contribution in [2.45, 2.75) is 26.3 Å². The van der Waals surface area contributed by atoms with Crippen molar-refractivity contribution in [3.63, 3.8) is 0 Å². The third-order valence-electron chi connectivity index (χ3n) is 3.15. The molecular weight excluding hydrogens is 254 g/mol. The van der Waals surface area contributed by atoms with Gasteiger partial charge in [-0.05, 0) is 26.0 Å². The second-order valence-electron chi connectivity index (χ2n) is 4.84. The van der Waals surface area contributed by atoms with E-state index in [1.807, 2.05) is 24.3 Å². The van der Waals surface area contributed by atoms with Gasteiger partial charge in [-0.15, -0.1) is 0 Å². The number of para-hydroxylation sites is 1. The Balaban J connectivity index is 2.36. The molecule has 0 aliphatic carbocycles. The molecule has 0 aliphatic rings. The number of hydrogen-bond acceptors (Lipinski definition) is 5. The number of aromatic nitrogens is 2. The summed E-state index contributed by atoms with van der Waals surface area (Å²) < 4.78 is 0. The predicted octanol–water partition coefficient (Wildman–Crippen LogP) is 1.98. The van der Waals surface area contributed by atoms with Crippen LogP contribution in [0, 0.1) is 0 Å². The fourth-order valence-corrected chi connectivity index (χ4v) is 2.11. The number of nitrogens with zero attached hydrogens (tertiary/aromatic N) is 4. The maximum Gasteiger partial charge on any atom is 0.140 e. The smallest absolute Gasteiger partial charge is 0.140 e. The number of anilines is 1. The van der Waals surface area contributed by atoms with Crippen LogP contribution < -0.4 is 10.6 Å². The zero-order valence-corrected chi connectivity index (χ0v) is 11.7. The first-order chi connectivity index (χ1) is 9.63. The molecule has 0 unspecified atom stereocenters. The molecule has 2 rings (SSSR count). The van der Waals surface area contributed by atoms with Crippen LogP contribution in [-0.4, -0.2) is 33.6 Å². The van der Waals surface area contributed by atoms with E-state index in [2.05, 4.69) is 33.9 Å². The van der Waals surface area contributed by atoms with Crippen LogP contribution in [0.15, 0.2) is 35.7 Å². The summed E-state index contributed by atoms with van der Waals surface area (Å²) in [5, 5.41) is 12.7. The minimum absolute atomic E-state index is 0.217. The van der Waals surface area contributed by atoms with Crippen LogP contribution in [0.5, 0.6) is 0 Å². The first-order valence-corrected chi connectivity index (χ1v) is 6.56. The van der Waals surface area contributed by atoms with Gasteiger partial charge in [0.15, 0.2) is 0 Å². The number of fused-ring (bicyclic) bond motifs is 1. The van der Waals surface area contributed by atoms with Crippen LogP contribution in [0.4, 0.5) is 5.82 Å². The summed E-state index contributed by atoms with van der Waals surface area (Å²) in [5.41, 5.74) is 6.46. The van der Waals surface area contributed by atoms with Crippen molar-refractivity contribution in [1.82, 2.24) is 9.97 Å². The second-order valence-corrected chi connectivity index (χ2v) is 4.84. The van der Waals surface area contributed by atoms with Gasteiger partial charge >= 0.3 is 0 Å².